The van der Waals surface area contributed by atoms with Crippen LogP contribution in [0.3, 0.4) is 0 Å². The Kier molecular flexibility index (Phi) is 7.01. The lowest BCUT2D eigenvalue weighted by Gasteiger charge is -2.36. The van der Waals surface area contributed by atoms with Gasteiger partial charge in [0.2, 0.25) is 5.82 Å². The summed E-state index contributed by atoms with van der Waals surface area (Å²) in [5.41, 5.74) is 3.37. The molecule has 1 amide bonds. The van der Waals surface area contributed by atoms with Crippen molar-refractivity contribution in [1.29, 1.82) is 0 Å². The summed E-state index contributed by atoms with van der Waals surface area (Å²) in [6.07, 6.45) is 4.85. The highest BCUT2D eigenvalue weighted by Gasteiger charge is 2.48. The number of thiol groups is 1. The van der Waals surface area contributed by atoms with Crippen molar-refractivity contribution in [2.45, 2.75) is 56.4 Å². The van der Waals surface area contributed by atoms with Crippen LogP contribution >= 0.6 is 0 Å². The van der Waals surface area contributed by atoms with Gasteiger partial charge in [0, 0.05) is 50.2 Å². The van der Waals surface area contributed by atoms with Crippen molar-refractivity contribution in [3.05, 3.63) is 47.4 Å². The van der Waals surface area contributed by atoms with Gasteiger partial charge in [-0.05, 0) is 57.1 Å². The number of hydrogen-bond donors (Lipinski definition) is 2. The van der Waals surface area contributed by atoms with E-state index in [9.17, 15) is 13.2 Å². The molecule has 4 aromatic rings. The Balaban J connectivity index is 1.22. The molecular weight excluding hydrogens is 594 g/mol. The summed E-state index contributed by atoms with van der Waals surface area (Å²) in [7, 11) is -2.80. The minimum Gasteiger partial charge on any atom is -0.378 e. The number of nitrogens with zero attached hydrogens (tertiary/aromatic N) is 8. The number of ether oxygens (including phenoxy) is 1. The minimum atomic E-state index is -2.80. The van der Waals surface area contributed by atoms with Crippen LogP contribution in [0.5, 0.6) is 0 Å². The van der Waals surface area contributed by atoms with Gasteiger partial charge in [0.15, 0.2) is 16.4 Å². The fourth-order valence-corrected chi connectivity index (χ4v) is 7.39. The number of hydrogen-bond acceptors (Lipinski definition) is 11. The summed E-state index contributed by atoms with van der Waals surface area (Å²) in [6.45, 7) is 7.71. The third kappa shape index (κ3) is 5.03. The number of aryl methyl sites for hydroxylation is 1. The smallest absolute Gasteiger partial charge is 0.290 e. The minimum absolute atomic E-state index is 0.0268. The number of amides is 1. The maximum absolute atomic E-state index is 13.4. The maximum Gasteiger partial charge on any atom is 0.290 e. The van der Waals surface area contributed by atoms with Crippen LogP contribution in [0.1, 0.15) is 66.4 Å². The molecule has 14 heteroatoms. The first-order valence-corrected chi connectivity index (χ1v) is 17.1. The molecule has 3 aromatic heterocycles. The van der Waals surface area contributed by atoms with Crippen LogP contribution in [-0.4, -0.2) is 89.7 Å². The molecule has 45 heavy (non-hydrogen) atoms. The van der Waals surface area contributed by atoms with E-state index < -0.39 is 21.5 Å². The normalized spacial score (nSPS) is 21.4. The van der Waals surface area contributed by atoms with Gasteiger partial charge in [-0.15, -0.1) is 0 Å². The molecule has 4 fully saturated rings. The van der Waals surface area contributed by atoms with Crippen molar-refractivity contribution in [1.82, 2.24) is 29.9 Å². The fourth-order valence-electron chi connectivity index (χ4n) is 6.72. The van der Waals surface area contributed by atoms with Crippen LogP contribution in [-0.2, 0) is 15.4 Å². The predicted octanol–water partition coefficient (Wildman–Crippen LogP) is 2.59. The average Bonchev–Trinajstić information content (AvgIpc) is 3.69. The van der Waals surface area contributed by atoms with Gasteiger partial charge >= 0.3 is 0 Å². The monoisotopic (exact) mass is 631 g/mol. The third-order valence-corrected chi connectivity index (χ3v) is 10.8. The van der Waals surface area contributed by atoms with E-state index in [-0.39, 0.29) is 11.9 Å². The number of aromatic nitrogens is 5. The van der Waals surface area contributed by atoms with Gasteiger partial charge in [0.1, 0.15) is 22.3 Å². The Morgan fingerprint density at radius 3 is 2.53 bits per heavy atom. The molecule has 1 N–H and O–H groups in total. The van der Waals surface area contributed by atoms with E-state index in [4.69, 9.17) is 19.8 Å². The molecule has 3 aliphatic heterocycles. The van der Waals surface area contributed by atoms with Gasteiger partial charge in [0.25, 0.3) is 5.91 Å². The molecule has 3 saturated heterocycles. The highest BCUT2D eigenvalue weighted by atomic mass is 32.2. The molecule has 1 aromatic carbocycles. The van der Waals surface area contributed by atoms with Crippen molar-refractivity contribution in [2.24, 2.45) is 0 Å². The zero-order valence-corrected chi connectivity index (χ0v) is 26.2. The number of morpholine rings is 1. The summed E-state index contributed by atoms with van der Waals surface area (Å²) in [5, 5.41) is 8.77. The van der Waals surface area contributed by atoms with Gasteiger partial charge in [0.05, 0.1) is 30.5 Å². The molecule has 1 aliphatic carbocycles. The number of piperidine rings is 1. The Bertz CT molecular complexity index is 1870. The summed E-state index contributed by atoms with van der Waals surface area (Å²) in [6, 6.07) is 9.98. The zero-order valence-electron chi connectivity index (χ0n) is 25.3. The van der Waals surface area contributed by atoms with Crippen molar-refractivity contribution in [3.63, 3.8) is 0 Å². The number of rotatable bonds is 7. The van der Waals surface area contributed by atoms with Crippen LogP contribution < -0.4 is 20.0 Å². The molecule has 1 atom stereocenters. The second-order valence-corrected chi connectivity index (χ2v) is 13.9. The standard InChI is InChI=1S/C31H37N9O4S/c1-20-6-4-7-21-27(20)29(34-28(32-21)30(41)35-31(9-10-31)45(42)43)39-13-3-2-8-23(39)22-18-25-33-24(37-11-5-12-37)19-26(40(25)36-22)38-14-16-44-17-15-38/h4,6-7,18-19,23,45H,2-3,5,8-17H2,1H3,(H,35,41). The second kappa shape index (κ2) is 11.1. The molecule has 4 aliphatic rings. The molecule has 8 rings (SSSR count). The van der Waals surface area contributed by atoms with E-state index in [1.807, 2.05) is 29.6 Å². The van der Waals surface area contributed by atoms with Gasteiger partial charge in [-0.3, -0.25) is 4.79 Å². The molecular formula is C31H37N9O4S. The van der Waals surface area contributed by atoms with E-state index in [0.717, 1.165) is 85.9 Å². The van der Waals surface area contributed by atoms with E-state index in [2.05, 4.69) is 37.1 Å². The highest BCUT2D eigenvalue weighted by molar-refractivity contribution is 7.74. The Labute approximate surface area is 262 Å². The maximum atomic E-state index is 13.4. The molecule has 0 spiro atoms. The van der Waals surface area contributed by atoms with Crippen molar-refractivity contribution in [2.75, 3.05) is 60.6 Å². The van der Waals surface area contributed by atoms with Crippen molar-refractivity contribution in [3.8, 4) is 0 Å². The lowest BCUT2D eigenvalue weighted by molar-refractivity contribution is 0.0935. The van der Waals surface area contributed by atoms with Gasteiger partial charge in [-0.1, -0.05) is 12.1 Å². The van der Waals surface area contributed by atoms with Gasteiger partial charge < -0.3 is 24.8 Å². The van der Waals surface area contributed by atoms with Crippen LogP contribution in [0.15, 0.2) is 30.3 Å². The Morgan fingerprint density at radius 2 is 1.80 bits per heavy atom. The summed E-state index contributed by atoms with van der Waals surface area (Å²) in [4.78, 5) is 33.6. The lowest BCUT2D eigenvalue weighted by atomic mass is 9.98. The first-order valence-electron chi connectivity index (χ1n) is 15.9. The van der Waals surface area contributed by atoms with E-state index >= 15 is 0 Å². The summed E-state index contributed by atoms with van der Waals surface area (Å²) < 4.78 is 31.3. The van der Waals surface area contributed by atoms with Gasteiger partial charge in [-0.25, -0.2) is 23.4 Å². The van der Waals surface area contributed by atoms with Crippen LogP contribution in [0.2, 0.25) is 0 Å². The molecule has 6 heterocycles. The third-order valence-electron chi connectivity index (χ3n) is 9.58. The van der Waals surface area contributed by atoms with Gasteiger partial charge in [-0.2, -0.15) is 9.61 Å². The largest absolute Gasteiger partial charge is 0.378 e. The van der Waals surface area contributed by atoms with Crippen molar-refractivity contribution >= 4 is 50.6 Å². The Hall–Kier alpha value is -4.04. The number of nitrogens with one attached hydrogen (secondary N) is 1. The SMILES string of the molecule is Cc1cccc2nc(C(=O)NC3([SH](=O)=O)CC3)nc(N3CCCCC3c3cc4nc(N5CCC5)cc(N5CCOCC5)n4n3)c12. The van der Waals surface area contributed by atoms with Crippen LogP contribution in [0, 0.1) is 6.92 Å². The fraction of sp³-hybridized carbons (Fsp3) is 0.516. The molecule has 236 valence electrons. The summed E-state index contributed by atoms with van der Waals surface area (Å²) >= 11 is 0. The number of carbonyl (C=O) groups is 1. The summed E-state index contributed by atoms with van der Waals surface area (Å²) in [5.74, 6) is 2.07. The second-order valence-electron chi connectivity index (χ2n) is 12.5. The van der Waals surface area contributed by atoms with Crippen LogP contribution in [0.4, 0.5) is 17.5 Å². The average molecular weight is 632 g/mol. The van der Waals surface area contributed by atoms with Crippen molar-refractivity contribution < 1.29 is 17.9 Å². The van der Waals surface area contributed by atoms with E-state index in [0.29, 0.717) is 37.4 Å². The lowest BCUT2D eigenvalue weighted by Crippen LogP contribution is -2.40. The number of anilines is 3. The first-order chi connectivity index (χ1) is 21.9. The number of benzene rings is 1. The Morgan fingerprint density at radius 1 is 0.978 bits per heavy atom. The highest BCUT2D eigenvalue weighted by Crippen LogP contribution is 2.40. The molecule has 0 bridgehead atoms. The quantitative estimate of drug-likeness (QED) is 0.291. The predicted molar refractivity (Wildman–Crippen MR) is 171 cm³/mol. The number of fused-ring (bicyclic) bond motifs is 2. The van der Waals surface area contributed by atoms with E-state index in [1.165, 1.54) is 6.42 Å². The molecule has 1 saturated carbocycles. The van der Waals surface area contributed by atoms with E-state index in [1.54, 1.807) is 0 Å². The number of carbonyl (C=O) groups excluding carboxylic acids is 1. The molecule has 13 nitrogen and oxygen atoms in total. The molecule has 0 radical (unpaired) electrons. The molecule has 1 unspecified atom stereocenters. The first kappa shape index (κ1) is 28.4. The van der Waals surface area contributed by atoms with Crippen LogP contribution in [0.25, 0.3) is 16.6 Å². The zero-order chi connectivity index (χ0) is 30.7. The topological polar surface area (TPSA) is 138 Å².